The van der Waals surface area contributed by atoms with E-state index in [1.807, 2.05) is 0 Å². The van der Waals surface area contributed by atoms with Gasteiger partial charge in [0.15, 0.2) is 0 Å². The van der Waals surface area contributed by atoms with Crippen molar-refractivity contribution in [3.8, 4) is 5.75 Å². The van der Waals surface area contributed by atoms with Crippen LogP contribution in [-0.2, 0) is 0 Å². The molecule has 1 aromatic carbocycles. The summed E-state index contributed by atoms with van der Waals surface area (Å²) in [5.74, 6) is -0.0590. The van der Waals surface area contributed by atoms with E-state index >= 15 is 0 Å². The van der Waals surface area contributed by atoms with Crippen LogP contribution in [0.25, 0.3) is 0 Å². The Morgan fingerprint density at radius 1 is 1.30 bits per heavy atom. The van der Waals surface area contributed by atoms with Crippen LogP contribution in [0.1, 0.15) is 29.6 Å². The predicted molar refractivity (Wildman–Crippen MR) is 82.9 cm³/mol. The molecule has 1 aliphatic heterocycles. The number of amides is 1. The number of hydrogen-bond donors (Lipinski definition) is 2. The summed E-state index contributed by atoms with van der Waals surface area (Å²) in [6.07, 6.45) is -1.52. The standard InChI is InChI=1S/C15H19F3N2O2.ClH/c16-15(17,18)22-13-5-3-12(4-6-13)14(21)20-9-7-11-2-1-8-19-10-11;/h3-6,11,19H,1-2,7-10H2,(H,20,21);1H. The molecule has 0 aromatic heterocycles. The van der Waals surface area contributed by atoms with Gasteiger partial charge < -0.3 is 15.4 Å². The molecule has 1 saturated heterocycles. The van der Waals surface area contributed by atoms with Crippen molar-refractivity contribution < 1.29 is 22.7 Å². The molecule has 1 atom stereocenters. The fourth-order valence-corrected chi connectivity index (χ4v) is 2.47. The summed E-state index contributed by atoms with van der Waals surface area (Å²) >= 11 is 0. The topological polar surface area (TPSA) is 50.4 Å². The first-order valence-electron chi connectivity index (χ1n) is 7.29. The molecule has 1 fully saturated rings. The SMILES string of the molecule is Cl.O=C(NCCC1CCCNC1)c1ccc(OC(F)(F)F)cc1. The maximum atomic E-state index is 12.0. The Morgan fingerprint density at radius 3 is 2.57 bits per heavy atom. The zero-order chi connectivity index (χ0) is 16.0. The summed E-state index contributed by atoms with van der Waals surface area (Å²) in [4.78, 5) is 11.9. The van der Waals surface area contributed by atoms with Gasteiger partial charge in [0.2, 0.25) is 0 Å². The number of piperidine rings is 1. The number of carbonyl (C=O) groups excluding carboxylic acids is 1. The second-order valence-electron chi connectivity index (χ2n) is 5.33. The number of nitrogens with one attached hydrogen (secondary N) is 2. The molecule has 0 aliphatic carbocycles. The molecule has 23 heavy (non-hydrogen) atoms. The average molecular weight is 353 g/mol. The van der Waals surface area contributed by atoms with Crippen LogP contribution in [0.4, 0.5) is 13.2 Å². The minimum atomic E-state index is -4.72. The largest absolute Gasteiger partial charge is 0.573 e. The van der Waals surface area contributed by atoms with Gasteiger partial charge in [0.1, 0.15) is 5.75 Å². The third kappa shape index (κ3) is 7.09. The third-order valence-corrected chi connectivity index (χ3v) is 3.59. The highest BCUT2D eigenvalue weighted by Crippen LogP contribution is 2.22. The molecule has 0 bridgehead atoms. The van der Waals surface area contributed by atoms with E-state index in [-0.39, 0.29) is 24.1 Å². The summed E-state index contributed by atoms with van der Waals surface area (Å²) in [6, 6.07) is 4.90. The molecule has 1 amide bonds. The highest BCUT2D eigenvalue weighted by Gasteiger charge is 2.31. The Balaban J connectivity index is 0.00000264. The van der Waals surface area contributed by atoms with Crippen molar-refractivity contribution in [2.45, 2.75) is 25.6 Å². The molecule has 2 N–H and O–H groups in total. The van der Waals surface area contributed by atoms with E-state index in [1.165, 1.54) is 12.1 Å². The number of alkyl halides is 3. The molecule has 8 heteroatoms. The molecule has 4 nitrogen and oxygen atoms in total. The van der Waals surface area contributed by atoms with Gasteiger partial charge in [-0.25, -0.2) is 0 Å². The van der Waals surface area contributed by atoms with Gasteiger partial charge in [-0.2, -0.15) is 0 Å². The summed E-state index contributed by atoms with van der Waals surface area (Å²) in [7, 11) is 0. The lowest BCUT2D eigenvalue weighted by Gasteiger charge is -2.22. The Morgan fingerprint density at radius 2 is 2.00 bits per heavy atom. The minimum Gasteiger partial charge on any atom is -0.406 e. The second-order valence-corrected chi connectivity index (χ2v) is 5.33. The van der Waals surface area contributed by atoms with E-state index in [2.05, 4.69) is 15.4 Å². The van der Waals surface area contributed by atoms with E-state index in [0.717, 1.165) is 44.5 Å². The zero-order valence-electron chi connectivity index (χ0n) is 12.5. The highest BCUT2D eigenvalue weighted by atomic mass is 35.5. The predicted octanol–water partition coefficient (Wildman–Crippen LogP) is 3.13. The summed E-state index contributed by atoms with van der Waals surface area (Å²) in [5, 5.41) is 6.10. The number of hydrogen-bond acceptors (Lipinski definition) is 3. The van der Waals surface area contributed by atoms with Gasteiger partial charge in [-0.05, 0) is 62.5 Å². The van der Waals surface area contributed by atoms with Crippen molar-refractivity contribution in [3.63, 3.8) is 0 Å². The molecule has 1 unspecified atom stereocenters. The van der Waals surface area contributed by atoms with Crippen LogP contribution in [0.2, 0.25) is 0 Å². The van der Waals surface area contributed by atoms with Crippen molar-refractivity contribution >= 4 is 18.3 Å². The van der Waals surface area contributed by atoms with Crippen molar-refractivity contribution in [2.75, 3.05) is 19.6 Å². The Bertz CT molecular complexity index is 488. The Kier molecular flexibility index (Phi) is 7.64. The lowest BCUT2D eigenvalue weighted by Crippen LogP contribution is -2.33. The molecular weight excluding hydrogens is 333 g/mol. The molecule has 0 saturated carbocycles. The van der Waals surface area contributed by atoms with Crippen LogP contribution >= 0.6 is 12.4 Å². The molecule has 130 valence electrons. The quantitative estimate of drug-likeness (QED) is 0.856. The normalized spacial score (nSPS) is 18.0. The van der Waals surface area contributed by atoms with E-state index in [0.29, 0.717) is 18.0 Å². The summed E-state index contributed by atoms with van der Waals surface area (Å²) in [5.41, 5.74) is 0.316. The van der Waals surface area contributed by atoms with Crippen LogP contribution in [0.5, 0.6) is 5.75 Å². The maximum absolute atomic E-state index is 12.0. The van der Waals surface area contributed by atoms with Gasteiger partial charge >= 0.3 is 6.36 Å². The van der Waals surface area contributed by atoms with Gasteiger partial charge in [0.05, 0.1) is 0 Å². The monoisotopic (exact) mass is 352 g/mol. The van der Waals surface area contributed by atoms with E-state index in [1.54, 1.807) is 0 Å². The summed E-state index contributed by atoms with van der Waals surface area (Å²) in [6.45, 7) is 2.58. The smallest absolute Gasteiger partial charge is 0.406 e. The van der Waals surface area contributed by atoms with Crippen molar-refractivity contribution in [1.29, 1.82) is 0 Å². The van der Waals surface area contributed by atoms with Crippen LogP contribution in [-0.4, -0.2) is 31.9 Å². The van der Waals surface area contributed by atoms with Crippen molar-refractivity contribution in [3.05, 3.63) is 29.8 Å². The fraction of sp³-hybridized carbons (Fsp3) is 0.533. The van der Waals surface area contributed by atoms with E-state index in [4.69, 9.17) is 0 Å². The van der Waals surface area contributed by atoms with Gasteiger partial charge in [-0.15, -0.1) is 25.6 Å². The lowest BCUT2D eigenvalue weighted by molar-refractivity contribution is -0.274. The van der Waals surface area contributed by atoms with Crippen molar-refractivity contribution in [1.82, 2.24) is 10.6 Å². The maximum Gasteiger partial charge on any atom is 0.573 e. The van der Waals surface area contributed by atoms with Crippen molar-refractivity contribution in [2.24, 2.45) is 5.92 Å². The second kappa shape index (κ2) is 8.98. The zero-order valence-corrected chi connectivity index (χ0v) is 13.3. The Labute approximate surface area is 139 Å². The number of halogens is 4. The number of benzene rings is 1. The lowest BCUT2D eigenvalue weighted by atomic mass is 9.96. The molecule has 1 aromatic rings. The molecule has 1 heterocycles. The first-order chi connectivity index (χ1) is 10.4. The van der Waals surface area contributed by atoms with Gasteiger partial charge in [0, 0.05) is 12.1 Å². The minimum absolute atomic E-state index is 0. The van der Waals surface area contributed by atoms with Gasteiger partial charge in [-0.3, -0.25) is 4.79 Å². The van der Waals surface area contributed by atoms with Crippen LogP contribution in [0, 0.1) is 5.92 Å². The number of ether oxygens (including phenoxy) is 1. The molecule has 2 rings (SSSR count). The summed E-state index contributed by atoms with van der Waals surface area (Å²) < 4.78 is 39.9. The molecular formula is C15H20ClF3N2O2. The van der Waals surface area contributed by atoms with Crippen LogP contribution in [0.3, 0.4) is 0 Å². The van der Waals surface area contributed by atoms with Crippen LogP contribution in [0.15, 0.2) is 24.3 Å². The fourth-order valence-electron chi connectivity index (χ4n) is 2.47. The first-order valence-corrected chi connectivity index (χ1v) is 7.29. The van der Waals surface area contributed by atoms with E-state index in [9.17, 15) is 18.0 Å². The molecule has 1 aliphatic rings. The van der Waals surface area contributed by atoms with E-state index < -0.39 is 6.36 Å². The molecule has 0 radical (unpaired) electrons. The number of rotatable bonds is 5. The first kappa shape index (κ1) is 19.6. The Hall–Kier alpha value is -1.47. The van der Waals surface area contributed by atoms with Crippen LogP contribution < -0.4 is 15.4 Å². The van der Waals surface area contributed by atoms with Gasteiger partial charge in [0.25, 0.3) is 5.91 Å². The third-order valence-electron chi connectivity index (χ3n) is 3.59. The number of carbonyl (C=O) groups is 1. The average Bonchev–Trinajstić information content (AvgIpc) is 2.47. The van der Waals surface area contributed by atoms with Gasteiger partial charge in [-0.1, -0.05) is 0 Å². The molecule has 0 spiro atoms. The highest BCUT2D eigenvalue weighted by molar-refractivity contribution is 5.94.